The molecule has 5 heteroatoms. The third kappa shape index (κ3) is 2.84. The van der Waals surface area contributed by atoms with E-state index >= 15 is 0 Å². The van der Waals surface area contributed by atoms with Crippen LogP contribution < -0.4 is 0 Å². The lowest BCUT2D eigenvalue weighted by Crippen LogP contribution is -2.03. The second-order valence-corrected chi connectivity index (χ2v) is 9.84. The minimum atomic E-state index is 0.579. The molecule has 5 aromatic carbocycles. The van der Waals surface area contributed by atoms with Gasteiger partial charge in [-0.3, -0.25) is 4.57 Å². The molecule has 0 amide bonds. The Kier molecular flexibility index (Phi) is 3.99. The number of fused-ring (bicyclic) bond motifs is 9. The fourth-order valence-electron chi connectivity index (χ4n) is 5.85. The third-order valence-corrected chi connectivity index (χ3v) is 7.61. The maximum absolute atomic E-state index is 6.38. The van der Waals surface area contributed by atoms with Gasteiger partial charge < -0.3 is 8.83 Å². The van der Waals surface area contributed by atoms with Crippen LogP contribution in [0.4, 0.5) is 0 Å². The minimum Gasteiger partial charge on any atom is -0.450 e. The number of aromatic nitrogens is 3. The first-order valence-electron chi connectivity index (χ1n) is 12.9. The van der Waals surface area contributed by atoms with Crippen LogP contribution in [0.3, 0.4) is 0 Å². The first-order chi connectivity index (χ1) is 19.3. The molecule has 0 spiro atoms. The molecule has 0 atom stereocenters. The van der Waals surface area contributed by atoms with Crippen LogP contribution in [-0.2, 0) is 0 Å². The van der Waals surface area contributed by atoms with Crippen molar-refractivity contribution < 1.29 is 8.83 Å². The van der Waals surface area contributed by atoms with Crippen molar-refractivity contribution in [3.8, 4) is 17.2 Å². The molecule has 0 aliphatic rings. The number of hydrogen-bond acceptors (Lipinski definition) is 4. The molecule has 0 fully saturated rings. The van der Waals surface area contributed by atoms with Crippen LogP contribution in [0.1, 0.15) is 0 Å². The van der Waals surface area contributed by atoms with Crippen molar-refractivity contribution >= 4 is 65.8 Å². The average Bonchev–Trinajstić information content (AvgIpc) is 3.64. The lowest BCUT2D eigenvalue weighted by Gasteiger charge is -2.12. The summed E-state index contributed by atoms with van der Waals surface area (Å²) in [6.07, 6.45) is 0. The smallest absolute Gasteiger partial charge is 0.236 e. The highest BCUT2D eigenvalue weighted by Gasteiger charge is 2.26. The van der Waals surface area contributed by atoms with E-state index in [1.54, 1.807) is 0 Å². The fourth-order valence-corrected chi connectivity index (χ4v) is 5.85. The second-order valence-electron chi connectivity index (χ2n) is 9.84. The largest absolute Gasteiger partial charge is 0.450 e. The predicted molar refractivity (Wildman–Crippen MR) is 156 cm³/mol. The van der Waals surface area contributed by atoms with E-state index in [1.165, 1.54) is 10.8 Å². The Balaban J connectivity index is 1.45. The summed E-state index contributed by atoms with van der Waals surface area (Å²) in [5.74, 6) is 0.579. The standard InChI is InChI=1S/C34H19N3O2/c1-2-10-21-19-22(18-17-20(21)9-1)29-23-11-3-6-14-26(23)35-34(36-29)37-30-24-12-4-7-15-27(24)38-32(30)33-31(37)25-13-5-8-16-28(25)39-33/h1-19H. The molecule has 0 saturated carbocycles. The first kappa shape index (κ1) is 20.6. The lowest BCUT2D eigenvalue weighted by molar-refractivity contribution is 0.634. The SMILES string of the molecule is c1ccc2cc(-c3nc(-n4c5c6ccccc6oc5c5oc6ccccc6c54)nc4ccccc34)ccc2c1. The van der Waals surface area contributed by atoms with E-state index in [0.717, 1.165) is 55.1 Å². The van der Waals surface area contributed by atoms with Crippen molar-refractivity contribution in [1.82, 2.24) is 14.5 Å². The number of nitrogens with zero attached hydrogens (tertiary/aromatic N) is 3. The molecule has 39 heavy (non-hydrogen) atoms. The van der Waals surface area contributed by atoms with Gasteiger partial charge in [0.15, 0.2) is 11.2 Å². The van der Waals surface area contributed by atoms with E-state index in [4.69, 9.17) is 18.8 Å². The van der Waals surface area contributed by atoms with E-state index in [-0.39, 0.29) is 0 Å². The highest BCUT2D eigenvalue weighted by atomic mass is 16.4. The van der Waals surface area contributed by atoms with Gasteiger partial charge in [-0.2, -0.15) is 0 Å². The zero-order chi connectivity index (χ0) is 25.5. The number of hydrogen-bond donors (Lipinski definition) is 0. The van der Waals surface area contributed by atoms with Gasteiger partial charge >= 0.3 is 0 Å². The van der Waals surface area contributed by atoms with E-state index in [2.05, 4.69) is 65.2 Å². The maximum atomic E-state index is 6.38. The molecule has 4 heterocycles. The van der Waals surface area contributed by atoms with Gasteiger partial charge in [-0.1, -0.05) is 78.9 Å². The van der Waals surface area contributed by atoms with E-state index in [1.807, 2.05) is 54.6 Å². The van der Waals surface area contributed by atoms with Crippen molar-refractivity contribution in [2.24, 2.45) is 0 Å². The molecule has 0 aliphatic carbocycles. The van der Waals surface area contributed by atoms with Gasteiger partial charge in [0.2, 0.25) is 5.95 Å². The Labute approximate surface area is 221 Å². The molecule has 0 saturated heterocycles. The molecule has 0 aliphatic heterocycles. The topological polar surface area (TPSA) is 57.0 Å². The molecular formula is C34H19N3O2. The van der Waals surface area contributed by atoms with Crippen molar-refractivity contribution in [2.75, 3.05) is 0 Å². The molecule has 182 valence electrons. The minimum absolute atomic E-state index is 0.579. The summed E-state index contributed by atoms with van der Waals surface area (Å²) < 4.78 is 14.9. The summed E-state index contributed by atoms with van der Waals surface area (Å²) in [5.41, 5.74) is 7.62. The fraction of sp³-hybridized carbons (Fsp3) is 0. The Morgan fingerprint density at radius 3 is 1.82 bits per heavy atom. The highest BCUT2D eigenvalue weighted by molar-refractivity contribution is 6.20. The van der Waals surface area contributed by atoms with E-state index in [9.17, 15) is 0 Å². The molecule has 9 rings (SSSR count). The Morgan fingerprint density at radius 2 is 1.10 bits per heavy atom. The second kappa shape index (κ2) is 7.55. The summed E-state index contributed by atoms with van der Waals surface area (Å²) in [7, 11) is 0. The molecule has 0 radical (unpaired) electrons. The average molecular weight is 502 g/mol. The molecule has 0 unspecified atom stereocenters. The Hall–Kier alpha value is -5.42. The van der Waals surface area contributed by atoms with Crippen LogP contribution in [0.5, 0.6) is 0 Å². The van der Waals surface area contributed by atoms with Crippen LogP contribution in [-0.4, -0.2) is 14.5 Å². The Morgan fingerprint density at radius 1 is 0.513 bits per heavy atom. The molecule has 5 nitrogen and oxygen atoms in total. The predicted octanol–water partition coefficient (Wildman–Crippen LogP) is 9.04. The number of furan rings is 2. The third-order valence-electron chi connectivity index (χ3n) is 7.61. The quantitative estimate of drug-likeness (QED) is 0.237. The molecule has 0 N–H and O–H groups in total. The van der Waals surface area contributed by atoms with Crippen LogP contribution in [0.15, 0.2) is 124 Å². The summed E-state index contributed by atoms with van der Waals surface area (Å²) in [6.45, 7) is 0. The van der Waals surface area contributed by atoms with Gasteiger partial charge in [0.1, 0.15) is 22.2 Å². The number of rotatable bonds is 2. The van der Waals surface area contributed by atoms with E-state index in [0.29, 0.717) is 17.1 Å². The van der Waals surface area contributed by atoms with Gasteiger partial charge in [0.25, 0.3) is 0 Å². The van der Waals surface area contributed by atoms with Crippen molar-refractivity contribution in [3.05, 3.63) is 115 Å². The van der Waals surface area contributed by atoms with Crippen molar-refractivity contribution in [3.63, 3.8) is 0 Å². The van der Waals surface area contributed by atoms with Crippen LogP contribution >= 0.6 is 0 Å². The van der Waals surface area contributed by atoms with Gasteiger partial charge in [0, 0.05) is 21.7 Å². The van der Waals surface area contributed by atoms with Crippen LogP contribution in [0, 0.1) is 0 Å². The van der Waals surface area contributed by atoms with Gasteiger partial charge in [-0.15, -0.1) is 0 Å². The zero-order valence-corrected chi connectivity index (χ0v) is 20.6. The first-order valence-corrected chi connectivity index (χ1v) is 12.9. The number of benzene rings is 5. The molecule has 4 aromatic heterocycles. The highest BCUT2D eigenvalue weighted by Crippen LogP contribution is 2.43. The van der Waals surface area contributed by atoms with Crippen LogP contribution in [0.2, 0.25) is 0 Å². The van der Waals surface area contributed by atoms with E-state index < -0.39 is 0 Å². The summed E-state index contributed by atoms with van der Waals surface area (Å²) >= 11 is 0. The Bertz CT molecular complexity index is 2320. The lowest BCUT2D eigenvalue weighted by atomic mass is 10.0. The van der Waals surface area contributed by atoms with Crippen LogP contribution in [0.25, 0.3) is 83.0 Å². The zero-order valence-electron chi connectivity index (χ0n) is 20.6. The van der Waals surface area contributed by atoms with Gasteiger partial charge in [-0.05, 0) is 47.2 Å². The molecule has 9 aromatic rings. The summed E-state index contributed by atoms with van der Waals surface area (Å²) in [6, 6.07) is 39.2. The number of para-hydroxylation sites is 3. The normalized spacial score (nSPS) is 12.1. The summed E-state index contributed by atoms with van der Waals surface area (Å²) in [5, 5.41) is 5.36. The molecule has 0 bridgehead atoms. The van der Waals surface area contributed by atoms with Crippen molar-refractivity contribution in [2.45, 2.75) is 0 Å². The monoisotopic (exact) mass is 501 g/mol. The van der Waals surface area contributed by atoms with Crippen molar-refractivity contribution in [1.29, 1.82) is 0 Å². The van der Waals surface area contributed by atoms with Gasteiger partial charge in [-0.25, -0.2) is 9.97 Å². The summed E-state index contributed by atoms with van der Waals surface area (Å²) in [4.78, 5) is 10.4. The maximum Gasteiger partial charge on any atom is 0.236 e. The van der Waals surface area contributed by atoms with Gasteiger partial charge in [0.05, 0.1) is 11.2 Å². The molecular weight excluding hydrogens is 482 g/mol.